The van der Waals surface area contributed by atoms with Crippen LogP contribution in [0.5, 0.6) is 0 Å². The number of hydrogen-bond acceptors (Lipinski definition) is 6. The minimum atomic E-state index is -3.70. The van der Waals surface area contributed by atoms with Crippen LogP contribution in [0.25, 0.3) is 10.8 Å². The first-order valence-electron chi connectivity index (χ1n) is 8.10. The number of hydrogen-bond donors (Lipinski definition) is 0. The van der Waals surface area contributed by atoms with Gasteiger partial charge in [-0.3, -0.25) is 0 Å². The smallest absolute Gasteiger partial charge is 0.238 e. The number of aromatic nitrogens is 1. The molecule has 0 aliphatic rings. The van der Waals surface area contributed by atoms with Gasteiger partial charge in [0.05, 0.1) is 9.77 Å². The molecule has 0 N–H and O–H groups in total. The predicted octanol–water partition coefficient (Wildman–Crippen LogP) is 5.52. The highest BCUT2D eigenvalue weighted by Gasteiger charge is 2.28. The van der Waals surface area contributed by atoms with Crippen LogP contribution in [-0.4, -0.2) is 19.2 Å². The predicted molar refractivity (Wildman–Crippen MR) is 102 cm³/mol. The summed E-state index contributed by atoms with van der Waals surface area (Å²) in [6.07, 6.45) is 3.24. The Hall–Kier alpha value is -1.57. The topological polar surface area (TPSA) is 60.2 Å². The number of sulfone groups is 1. The first kappa shape index (κ1) is 18.2. The van der Waals surface area contributed by atoms with Crippen molar-refractivity contribution in [1.82, 2.24) is 4.98 Å². The van der Waals surface area contributed by atoms with Gasteiger partial charge in [-0.1, -0.05) is 55.8 Å². The molecule has 0 atom stereocenters. The highest BCUT2D eigenvalue weighted by atomic mass is 32.2. The second-order valence-electron chi connectivity index (χ2n) is 5.46. The summed E-state index contributed by atoms with van der Waals surface area (Å²) in [4.78, 5) is 5.39. The first-order chi connectivity index (χ1) is 12.1. The van der Waals surface area contributed by atoms with Gasteiger partial charge in [0.15, 0.2) is 0 Å². The Labute approximate surface area is 156 Å². The lowest BCUT2D eigenvalue weighted by Gasteiger charge is -2.03. The first-order valence-corrected chi connectivity index (χ1v) is 11.5. The van der Waals surface area contributed by atoms with Gasteiger partial charge in [-0.05, 0) is 30.0 Å². The van der Waals surface area contributed by atoms with Gasteiger partial charge in [-0.25, -0.2) is 8.42 Å². The number of oxazole rings is 1. The van der Waals surface area contributed by atoms with Gasteiger partial charge >= 0.3 is 0 Å². The molecule has 0 saturated heterocycles. The molecule has 0 fully saturated rings. The van der Waals surface area contributed by atoms with E-state index in [-0.39, 0.29) is 9.92 Å². The summed E-state index contributed by atoms with van der Waals surface area (Å²) in [5.74, 6) is 1.17. The van der Waals surface area contributed by atoms with E-state index in [1.165, 1.54) is 23.1 Å². The molecule has 3 aromatic rings. The Bertz CT molecular complexity index is 900. The Morgan fingerprint density at radius 3 is 2.60 bits per heavy atom. The fourth-order valence-corrected chi connectivity index (χ4v) is 5.49. The standard InChI is InChI=1S/C18H19NO3S3/c1-2-3-7-12-24-18-17(19-16(22-18)15-11-8-13-23-15)25(20,21)14-9-5-4-6-10-14/h4-6,8-11,13H,2-3,7,12H2,1H3. The van der Waals surface area contributed by atoms with E-state index in [1.54, 1.807) is 30.3 Å². The Morgan fingerprint density at radius 1 is 1.12 bits per heavy atom. The van der Waals surface area contributed by atoms with Crippen LogP contribution in [0.3, 0.4) is 0 Å². The number of rotatable bonds is 8. The van der Waals surface area contributed by atoms with Crippen molar-refractivity contribution >= 4 is 32.9 Å². The molecule has 0 aliphatic carbocycles. The number of benzene rings is 1. The fourth-order valence-electron chi connectivity index (χ4n) is 2.29. The SMILES string of the molecule is CCCCCSc1oc(-c2cccs2)nc1S(=O)(=O)c1ccccc1. The second-order valence-corrected chi connectivity index (χ2v) is 9.34. The van der Waals surface area contributed by atoms with Crippen LogP contribution in [0.1, 0.15) is 26.2 Å². The van der Waals surface area contributed by atoms with Crippen LogP contribution < -0.4 is 0 Å². The van der Waals surface area contributed by atoms with Gasteiger partial charge in [-0.2, -0.15) is 4.98 Å². The fraction of sp³-hybridized carbons (Fsp3) is 0.278. The molecular formula is C18H19NO3S3. The highest BCUT2D eigenvalue weighted by molar-refractivity contribution is 8.00. The maximum absolute atomic E-state index is 13.0. The zero-order valence-electron chi connectivity index (χ0n) is 13.8. The van der Waals surface area contributed by atoms with Crippen molar-refractivity contribution in [2.24, 2.45) is 0 Å². The summed E-state index contributed by atoms with van der Waals surface area (Å²) in [7, 11) is -3.70. The van der Waals surface area contributed by atoms with Crippen LogP contribution in [0, 0.1) is 0 Å². The zero-order chi connectivity index (χ0) is 17.7. The van der Waals surface area contributed by atoms with Crippen molar-refractivity contribution in [3.05, 3.63) is 47.8 Å². The molecule has 2 aromatic heterocycles. The number of thiophene rings is 1. The molecule has 0 amide bonds. The number of unbranched alkanes of at least 4 members (excludes halogenated alkanes) is 2. The van der Waals surface area contributed by atoms with Crippen LogP contribution in [0.4, 0.5) is 0 Å². The van der Waals surface area contributed by atoms with Gasteiger partial charge in [0.25, 0.3) is 0 Å². The molecular weight excluding hydrogens is 374 g/mol. The molecule has 3 rings (SSSR count). The third-order valence-electron chi connectivity index (χ3n) is 3.59. The Morgan fingerprint density at radius 2 is 1.92 bits per heavy atom. The summed E-state index contributed by atoms with van der Waals surface area (Å²) in [5, 5.41) is 2.31. The van der Waals surface area contributed by atoms with Gasteiger partial charge in [0.2, 0.25) is 25.8 Å². The van der Waals surface area contributed by atoms with Gasteiger partial charge in [-0.15, -0.1) is 11.3 Å². The van der Waals surface area contributed by atoms with Gasteiger partial charge in [0, 0.05) is 5.75 Å². The molecule has 2 heterocycles. The summed E-state index contributed by atoms with van der Waals surface area (Å²) < 4.78 is 31.8. The van der Waals surface area contributed by atoms with Crippen LogP contribution >= 0.6 is 23.1 Å². The van der Waals surface area contributed by atoms with E-state index in [4.69, 9.17) is 4.42 Å². The molecule has 0 radical (unpaired) electrons. The summed E-state index contributed by atoms with van der Waals surface area (Å²) in [5.41, 5.74) is 0. The molecule has 0 spiro atoms. The quantitative estimate of drug-likeness (QED) is 0.372. The zero-order valence-corrected chi connectivity index (χ0v) is 16.3. The van der Waals surface area contributed by atoms with Gasteiger partial charge in [0.1, 0.15) is 0 Å². The molecule has 4 nitrogen and oxygen atoms in total. The molecule has 0 saturated carbocycles. The minimum absolute atomic E-state index is 0.0172. The lowest BCUT2D eigenvalue weighted by atomic mass is 10.3. The van der Waals surface area contributed by atoms with E-state index in [1.807, 2.05) is 17.5 Å². The van der Waals surface area contributed by atoms with E-state index in [0.717, 1.165) is 29.9 Å². The largest absolute Gasteiger partial charge is 0.428 e. The second kappa shape index (κ2) is 8.21. The molecule has 0 bridgehead atoms. The van der Waals surface area contributed by atoms with Crippen molar-refractivity contribution in [3.63, 3.8) is 0 Å². The van der Waals surface area contributed by atoms with Crippen molar-refractivity contribution in [3.8, 4) is 10.8 Å². The summed E-state index contributed by atoms with van der Waals surface area (Å²) in [6, 6.07) is 12.1. The highest BCUT2D eigenvalue weighted by Crippen LogP contribution is 2.36. The summed E-state index contributed by atoms with van der Waals surface area (Å²) >= 11 is 2.90. The molecule has 132 valence electrons. The van der Waals surface area contributed by atoms with E-state index in [0.29, 0.717) is 11.0 Å². The lowest BCUT2D eigenvalue weighted by molar-refractivity contribution is 0.471. The Balaban J connectivity index is 1.98. The molecule has 25 heavy (non-hydrogen) atoms. The molecule has 0 aliphatic heterocycles. The molecule has 1 aromatic carbocycles. The van der Waals surface area contributed by atoms with Crippen molar-refractivity contribution in [2.45, 2.75) is 41.2 Å². The lowest BCUT2D eigenvalue weighted by Crippen LogP contribution is -2.03. The van der Waals surface area contributed by atoms with E-state index in [9.17, 15) is 8.42 Å². The van der Waals surface area contributed by atoms with E-state index in [2.05, 4.69) is 11.9 Å². The number of nitrogens with zero attached hydrogens (tertiary/aromatic N) is 1. The maximum atomic E-state index is 13.0. The summed E-state index contributed by atoms with van der Waals surface area (Å²) in [6.45, 7) is 2.14. The van der Waals surface area contributed by atoms with E-state index < -0.39 is 9.84 Å². The van der Waals surface area contributed by atoms with Crippen LogP contribution in [0.15, 0.2) is 67.3 Å². The molecule has 0 unspecified atom stereocenters. The third kappa shape index (κ3) is 4.16. The van der Waals surface area contributed by atoms with Gasteiger partial charge < -0.3 is 4.42 Å². The van der Waals surface area contributed by atoms with Crippen molar-refractivity contribution < 1.29 is 12.8 Å². The maximum Gasteiger partial charge on any atom is 0.238 e. The van der Waals surface area contributed by atoms with Crippen LogP contribution in [-0.2, 0) is 9.84 Å². The molecule has 7 heteroatoms. The monoisotopic (exact) mass is 393 g/mol. The van der Waals surface area contributed by atoms with E-state index >= 15 is 0 Å². The normalized spacial score (nSPS) is 11.7. The average molecular weight is 394 g/mol. The third-order valence-corrected chi connectivity index (χ3v) is 7.29. The average Bonchev–Trinajstić information content (AvgIpc) is 3.29. The minimum Gasteiger partial charge on any atom is -0.428 e. The van der Waals surface area contributed by atoms with Crippen molar-refractivity contribution in [1.29, 1.82) is 0 Å². The number of thioether (sulfide) groups is 1. The van der Waals surface area contributed by atoms with Crippen LogP contribution in [0.2, 0.25) is 0 Å². The van der Waals surface area contributed by atoms with Crippen molar-refractivity contribution in [2.75, 3.05) is 5.75 Å². The Kier molecular flexibility index (Phi) is 5.98.